The number of H-pyrrole nitrogens is 3. The molecule has 3 saturated heterocycles. The largest absolute Gasteiger partial charge is 0.472 e. The Labute approximate surface area is 422 Å². The van der Waals surface area contributed by atoms with Crippen molar-refractivity contribution in [2.45, 2.75) is 121 Å². The summed E-state index contributed by atoms with van der Waals surface area (Å²) in [7, 11) is -20.6. The number of hydrogen-bond acceptors (Lipinski definition) is 23. The molecule has 13 atom stereocenters. The first-order chi connectivity index (χ1) is 35.3. The minimum Gasteiger partial charge on any atom is -0.396 e. The summed E-state index contributed by atoms with van der Waals surface area (Å²) < 4.78 is 116. The Morgan fingerprint density at radius 2 is 0.827 bits per heavy atom. The van der Waals surface area contributed by atoms with Crippen LogP contribution in [0, 0.1) is 20.8 Å². The van der Waals surface area contributed by atoms with Crippen molar-refractivity contribution >= 4 is 37.5 Å². The number of oxime groups is 1. The van der Waals surface area contributed by atoms with Crippen LogP contribution in [0.2, 0.25) is 0 Å². The van der Waals surface area contributed by atoms with Gasteiger partial charge in [0.25, 0.3) is 16.7 Å². The predicted molar refractivity (Wildman–Crippen MR) is 250 cm³/mol. The fourth-order valence-corrected chi connectivity index (χ4v) is 11.6. The zero-order valence-corrected chi connectivity index (χ0v) is 43.6. The van der Waals surface area contributed by atoms with Gasteiger partial charge in [-0.05, 0) is 40.0 Å². The SMILES string of the molecule is Cc1cn([C@H]2C[C@@H]3OP(=O)(O)OC[C@H]4O[C@@H](n5cc(C)c(=O)[nH]c5=O)C[C@@H]4OP(=O)(O)OC[C@H]4O[C@@H](n5cc(C)c(=O)[nH]c5=O)C[C@@H]4OP(=O)(O)OC/C=N\OCCCCCCOP(=O)(O)OC[C@H]3O2)c(=O)[nH]c1=O. The standard InChI is InChI=1S/C38H55N7O26P4/c1-21-15-43(36(49)40-33(21)46)30-12-24-28(67-30)19-64-75(58,59)71-26-14-32(45-17-23(3)35(48)42-38(45)51)68-29(26)20-65-74(56,57)70-25-13-31(44-16-22(2)34(47)41-37(44)50)66-27(25)18-63-72(52,53)61-10-7-5-4-6-9-60-39-8-11-62-73(54,55)69-24/h8,15-17,24-32H,4-7,9-14,18-20H2,1-3H3,(H,52,53)(H,54,55)(H,56,57)(H,58,59)(H,40,46,49)(H,41,47,50)(H,42,48,51)/b39-8-/t24-,25-,26-,27+,28+,29+,30+,31+,32+/m0/s1. The van der Waals surface area contributed by atoms with E-state index >= 15 is 0 Å². The van der Waals surface area contributed by atoms with E-state index in [4.69, 9.17) is 55.2 Å². The van der Waals surface area contributed by atoms with Crippen molar-refractivity contribution in [2.75, 3.05) is 39.6 Å². The second kappa shape index (κ2) is 24.7. The van der Waals surface area contributed by atoms with Crippen LogP contribution in [0.5, 0.6) is 0 Å². The zero-order chi connectivity index (χ0) is 54.5. The third kappa shape index (κ3) is 16.0. The highest BCUT2D eigenvalue weighted by atomic mass is 31.2. The molecule has 3 aromatic heterocycles. The number of phosphoric acid groups is 4. The van der Waals surface area contributed by atoms with E-state index in [0.29, 0.717) is 19.3 Å². The molecule has 7 heterocycles. The topological polar surface area (TPSA) is 437 Å². The smallest absolute Gasteiger partial charge is 0.396 e. The molecule has 7 rings (SSSR count). The lowest BCUT2D eigenvalue weighted by molar-refractivity contribution is -0.0618. The molecule has 37 heteroatoms. The summed E-state index contributed by atoms with van der Waals surface area (Å²) in [4.78, 5) is 130. The van der Waals surface area contributed by atoms with Gasteiger partial charge in [0.05, 0.1) is 39.2 Å². The Bertz CT molecular complexity index is 3120. The first-order valence-corrected chi connectivity index (χ1v) is 28.9. The molecule has 3 fully saturated rings. The Balaban J connectivity index is 1.14. The van der Waals surface area contributed by atoms with E-state index in [9.17, 15) is 66.6 Å². The molecule has 0 aliphatic carbocycles. The molecule has 0 saturated carbocycles. The Morgan fingerprint density at radius 1 is 0.480 bits per heavy atom. The van der Waals surface area contributed by atoms with Crippen LogP contribution in [-0.4, -0.2) is 131 Å². The second-order valence-corrected chi connectivity index (χ2v) is 23.1. The van der Waals surface area contributed by atoms with Crippen LogP contribution >= 0.6 is 31.3 Å². The maximum absolute atomic E-state index is 13.8. The minimum absolute atomic E-state index is 0.0322. The van der Waals surface area contributed by atoms with Crippen molar-refractivity contribution in [3.8, 4) is 0 Å². The summed E-state index contributed by atoms with van der Waals surface area (Å²) in [6.07, 6.45) is -8.68. The summed E-state index contributed by atoms with van der Waals surface area (Å²) in [5.74, 6) is 0. The highest BCUT2D eigenvalue weighted by Crippen LogP contribution is 2.54. The molecule has 0 radical (unpaired) electrons. The molecule has 3 aromatic rings. The van der Waals surface area contributed by atoms with Crippen molar-refractivity contribution < 1.29 is 93.1 Å². The van der Waals surface area contributed by atoms with Crippen LogP contribution in [0.4, 0.5) is 0 Å². The Kier molecular flexibility index (Phi) is 19.2. The van der Waals surface area contributed by atoms with Crippen molar-refractivity contribution in [2.24, 2.45) is 5.16 Å². The number of hydrogen-bond donors (Lipinski definition) is 7. The lowest BCUT2D eigenvalue weighted by Gasteiger charge is -2.25. The third-order valence-corrected chi connectivity index (χ3v) is 15.8. The normalized spacial score (nSPS) is 36.0. The second-order valence-electron chi connectivity index (χ2n) is 17.4. The van der Waals surface area contributed by atoms with E-state index in [1.165, 1.54) is 20.8 Å². The average Bonchev–Trinajstić information content (AvgIpc) is 4.03. The van der Waals surface area contributed by atoms with E-state index in [1.807, 2.05) is 0 Å². The van der Waals surface area contributed by atoms with Crippen molar-refractivity contribution in [1.82, 2.24) is 28.7 Å². The number of aryl methyl sites for hydroxylation is 3. The molecule has 0 aromatic carbocycles. The van der Waals surface area contributed by atoms with Crippen molar-refractivity contribution in [3.05, 3.63) is 97.8 Å². The monoisotopic (exact) mass is 1150 g/mol. The van der Waals surface area contributed by atoms with Crippen LogP contribution in [0.1, 0.15) is 80.3 Å². The van der Waals surface area contributed by atoms with E-state index in [1.54, 1.807) is 0 Å². The number of aromatic amines is 3. The quantitative estimate of drug-likeness (QED) is 0.177. The summed E-state index contributed by atoms with van der Waals surface area (Å²) in [6.45, 7) is 0.552. The molecule has 4 aliphatic heterocycles. The lowest BCUT2D eigenvalue weighted by atomic mass is 10.2. The van der Waals surface area contributed by atoms with Gasteiger partial charge in [-0.3, -0.25) is 79.2 Å². The van der Waals surface area contributed by atoms with Gasteiger partial charge in [-0.2, -0.15) is 0 Å². The number of fused-ring (bicyclic) bond motifs is 3. The van der Waals surface area contributed by atoms with Crippen LogP contribution in [0.15, 0.2) is 52.5 Å². The van der Waals surface area contributed by atoms with E-state index < -0.39 is 166 Å². The third-order valence-electron chi connectivity index (χ3n) is 11.8. The molecule has 0 amide bonds. The summed E-state index contributed by atoms with van der Waals surface area (Å²) in [5.41, 5.74) is -4.87. The number of rotatable bonds is 3. The van der Waals surface area contributed by atoms with Crippen molar-refractivity contribution in [1.29, 1.82) is 0 Å². The molecule has 33 nitrogen and oxygen atoms in total. The first-order valence-electron chi connectivity index (χ1n) is 22.9. The van der Waals surface area contributed by atoms with E-state index in [-0.39, 0.29) is 36.3 Å². The predicted octanol–water partition coefficient (Wildman–Crippen LogP) is 0.641. The Hall–Kier alpha value is -4.17. The van der Waals surface area contributed by atoms with E-state index in [2.05, 4.69) is 20.1 Å². The number of nitrogens with zero attached hydrogens (tertiary/aromatic N) is 4. The van der Waals surface area contributed by atoms with Crippen molar-refractivity contribution in [3.63, 3.8) is 0 Å². The molecule has 75 heavy (non-hydrogen) atoms. The summed E-state index contributed by atoms with van der Waals surface area (Å²) in [5, 5.41) is 3.66. The molecule has 7 N–H and O–H groups in total. The van der Waals surface area contributed by atoms with Gasteiger partial charge in [0.15, 0.2) is 0 Å². The maximum Gasteiger partial charge on any atom is 0.472 e. The molecule has 4 aliphatic rings. The minimum atomic E-state index is -5.40. The Morgan fingerprint density at radius 3 is 1.21 bits per heavy atom. The van der Waals surface area contributed by atoms with Crippen LogP contribution in [0.25, 0.3) is 0 Å². The zero-order valence-electron chi connectivity index (χ0n) is 40.0. The molecule has 4 unspecified atom stereocenters. The van der Waals surface area contributed by atoms with Gasteiger partial charge >= 0.3 is 48.4 Å². The fourth-order valence-electron chi connectivity index (χ4n) is 8.01. The lowest BCUT2D eigenvalue weighted by Crippen LogP contribution is -2.33. The van der Waals surface area contributed by atoms with Gasteiger partial charge in [0.2, 0.25) is 0 Å². The molecule has 0 spiro atoms. The number of ether oxygens (including phenoxy) is 3. The van der Waals surface area contributed by atoms with Gasteiger partial charge in [-0.15, -0.1) is 0 Å². The average molecular weight is 1150 g/mol. The maximum atomic E-state index is 13.8. The molecular weight excluding hydrogens is 1090 g/mol. The van der Waals surface area contributed by atoms with Gasteiger partial charge < -0.3 is 38.6 Å². The van der Waals surface area contributed by atoms with E-state index in [0.717, 1.165) is 38.5 Å². The van der Waals surface area contributed by atoms with Gasteiger partial charge in [-0.1, -0.05) is 11.6 Å². The molecule has 418 valence electrons. The van der Waals surface area contributed by atoms with Crippen LogP contribution < -0.4 is 33.7 Å². The first kappa shape index (κ1) is 58.5. The van der Waals surface area contributed by atoms with Crippen LogP contribution in [-0.2, 0) is 73.5 Å². The van der Waals surface area contributed by atoms with Gasteiger partial charge in [0, 0.05) is 54.5 Å². The number of nitrogens with one attached hydrogen (secondary N) is 3. The van der Waals surface area contributed by atoms with Gasteiger partial charge in [0.1, 0.15) is 61.9 Å². The summed E-state index contributed by atoms with van der Waals surface area (Å²) >= 11 is 0. The van der Waals surface area contributed by atoms with Crippen LogP contribution in [0.3, 0.4) is 0 Å². The number of aromatic nitrogens is 6. The van der Waals surface area contributed by atoms with Gasteiger partial charge in [-0.25, -0.2) is 32.6 Å². The fraction of sp³-hybridized carbons (Fsp3) is 0.658. The number of phosphoric ester groups is 4. The highest BCUT2D eigenvalue weighted by molar-refractivity contribution is 7.48. The summed E-state index contributed by atoms with van der Waals surface area (Å²) in [6, 6.07) is 0. The molecule has 0 bridgehead atoms. The molecular formula is C38H55N7O26P4. The highest BCUT2D eigenvalue weighted by Gasteiger charge is 2.48.